The Labute approximate surface area is 196 Å². The molecule has 1 aliphatic carbocycles. The number of hydrogen-bond donors (Lipinski definition) is 3. The Bertz CT molecular complexity index is 1140. The molecule has 0 aromatic heterocycles. The van der Waals surface area contributed by atoms with E-state index in [2.05, 4.69) is 15.6 Å². The van der Waals surface area contributed by atoms with E-state index in [0.29, 0.717) is 0 Å². The summed E-state index contributed by atoms with van der Waals surface area (Å²) in [5.41, 5.74) is 7.27. The van der Waals surface area contributed by atoms with Crippen molar-refractivity contribution in [1.82, 2.24) is 10.8 Å². The maximum Gasteiger partial charge on any atom is 0.407 e. The second-order valence-electron chi connectivity index (χ2n) is 7.86. The van der Waals surface area contributed by atoms with Crippen LogP contribution in [0.25, 0.3) is 11.1 Å². The molecule has 0 saturated carbocycles. The van der Waals surface area contributed by atoms with Crippen molar-refractivity contribution in [1.29, 1.82) is 0 Å². The molecule has 0 saturated heterocycles. The largest absolute Gasteiger partial charge is 0.479 e. The fourth-order valence-electron chi connectivity index (χ4n) is 4.08. The molecule has 1 aliphatic rings. The van der Waals surface area contributed by atoms with Gasteiger partial charge in [-0.25, -0.2) is 15.1 Å². The standard InChI is InChI=1S/C26H24N2O6/c29-24(30)16-34-28-25(31)23(14-17-8-2-1-3-9-17)27-26(32)33-15-22-20-12-6-4-10-18(20)19-11-5-7-13-21(19)22/h1-13,22-23H,14-16H2,(H,27,32)(H,28,31)(H,29,30)/t23-/m1/s1. The first-order valence-electron chi connectivity index (χ1n) is 10.8. The summed E-state index contributed by atoms with van der Waals surface area (Å²) < 4.78 is 5.54. The van der Waals surface area contributed by atoms with Gasteiger partial charge in [-0.1, -0.05) is 78.9 Å². The molecule has 3 aromatic carbocycles. The first kappa shape index (κ1) is 23.0. The fourth-order valence-corrected chi connectivity index (χ4v) is 4.08. The van der Waals surface area contributed by atoms with Gasteiger partial charge in [-0.3, -0.25) is 9.63 Å². The predicted octanol–water partition coefficient (Wildman–Crippen LogP) is 3.27. The van der Waals surface area contributed by atoms with Crippen LogP contribution in [0.4, 0.5) is 4.79 Å². The Morgan fingerprint density at radius 1 is 0.853 bits per heavy atom. The van der Waals surface area contributed by atoms with Crippen LogP contribution >= 0.6 is 0 Å². The SMILES string of the molecule is O=C(O)CONC(=O)[C@@H](Cc1ccccc1)NC(=O)OCC1c2ccccc2-c2ccccc21. The Kier molecular flexibility index (Phi) is 7.19. The summed E-state index contributed by atoms with van der Waals surface area (Å²) in [5, 5.41) is 11.3. The molecule has 3 N–H and O–H groups in total. The molecule has 1 atom stereocenters. The highest BCUT2D eigenvalue weighted by molar-refractivity contribution is 5.85. The summed E-state index contributed by atoms with van der Waals surface area (Å²) >= 11 is 0. The van der Waals surface area contributed by atoms with Crippen LogP contribution < -0.4 is 10.8 Å². The van der Waals surface area contributed by atoms with Crippen molar-refractivity contribution in [3.8, 4) is 11.1 Å². The van der Waals surface area contributed by atoms with E-state index in [0.717, 1.165) is 27.8 Å². The second kappa shape index (κ2) is 10.6. The highest BCUT2D eigenvalue weighted by atomic mass is 16.7. The van der Waals surface area contributed by atoms with E-state index in [1.807, 2.05) is 78.9 Å². The first-order chi connectivity index (χ1) is 16.5. The summed E-state index contributed by atoms with van der Waals surface area (Å²) in [6.45, 7) is -0.593. The van der Waals surface area contributed by atoms with Crippen LogP contribution in [0, 0.1) is 0 Å². The number of carbonyl (C=O) groups is 3. The van der Waals surface area contributed by atoms with Gasteiger partial charge in [-0.15, -0.1) is 0 Å². The zero-order valence-corrected chi connectivity index (χ0v) is 18.3. The lowest BCUT2D eigenvalue weighted by Crippen LogP contribution is -2.48. The highest BCUT2D eigenvalue weighted by Crippen LogP contribution is 2.44. The number of carboxylic acids is 1. The molecular weight excluding hydrogens is 436 g/mol. The zero-order chi connectivity index (χ0) is 23.9. The Morgan fingerprint density at radius 2 is 1.44 bits per heavy atom. The van der Waals surface area contributed by atoms with Gasteiger partial charge < -0.3 is 15.2 Å². The molecule has 0 fully saturated rings. The van der Waals surface area contributed by atoms with Crippen LogP contribution in [0.3, 0.4) is 0 Å². The Morgan fingerprint density at radius 3 is 2.06 bits per heavy atom. The average Bonchev–Trinajstić information content (AvgIpc) is 3.16. The van der Waals surface area contributed by atoms with Crippen LogP contribution in [-0.2, 0) is 25.6 Å². The first-order valence-corrected chi connectivity index (χ1v) is 10.8. The van der Waals surface area contributed by atoms with Gasteiger partial charge in [0.1, 0.15) is 12.6 Å². The van der Waals surface area contributed by atoms with E-state index in [1.54, 1.807) is 0 Å². The van der Waals surface area contributed by atoms with Crippen molar-refractivity contribution in [2.45, 2.75) is 18.4 Å². The van der Waals surface area contributed by atoms with E-state index in [4.69, 9.17) is 9.84 Å². The molecule has 4 rings (SSSR count). The summed E-state index contributed by atoms with van der Waals surface area (Å²) in [5.74, 6) is -2.03. The van der Waals surface area contributed by atoms with Crippen LogP contribution in [0.2, 0.25) is 0 Å². The number of ether oxygens (including phenoxy) is 1. The maximum atomic E-state index is 12.7. The zero-order valence-electron chi connectivity index (χ0n) is 18.3. The van der Waals surface area contributed by atoms with E-state index >= 15 is 0 Å². The number of amides is 2. The number of rotatable bonds is 9. The molecule has 0 radical (unpaired) electrons. The van der Waals surface area contributed by atoms with Crippen LogP contribution in [-0.4, -0.2) is 42.3 Å². The molecule has 0 unspecified atom stereocenters. The molecule has 8 heteroatoms. The predicted molar refractivity (Wildman–Crippen MR) is 124 cm³/mol. The quantitative estimate of drug-likeness (QED) is 0.423. The summed E-state index contributed by atoms with van der Waals surface area (Å²) in [6, 6.07) is 24.1. The lowest BCUT2D eigenvalue weighted by atomic mass is 9.98. The van der Waals surface area contributed by atoms with Crippen LogP contribution in [0.15, 0.2) is 78.9 Å². The molecule has 34 heavy (non-hydrogen) atoms. The van der Waals surface area contributed by atoms with Gasteiger partial charge in [0.15, 0.2) is 6.61 Å². The normalized spacial score (nSPS) is 12.8. The topological polar surface area (TPSA) is 114 Å². The smallest absolute Gasteiger partial charge is 0.407 e. The van der Waals surface area contributed by atoms with Crippen molar-refractivity contribution in [3.63, 3.8) is 0 Å². The lowest BCUT2D eigenvalue weighted by Gasteiger charge is -2.19. The minimum absolute atomic E-state index is 0.106. The van der Waals surface area contributed by atoms with Crippen molar-refractivity contribution in [3.05, 3.63) is 95.6 Å². The third-order valence-electron chi connectivity index (χ3n) is 5.60. The summed E-state index contributed by atoms with van der Waals surface area (Å²) in [6.07, 6.45) is -0.580. The molecule has 8 nitrogen and oxygen atoms in total. The number of aliphatic carboxylic acids is 1. The number of carbonyl (C=O) groups excluding carboxylic acids is 2. The van der Waals surface area contributed by atoms with E-state index in [-0.39, 0.29) is 18.9 Å². The van der Waals surface area contributed by atoms with Gasteiger partial charge in [0.25, 0.3) is 5.91 Å². The molecule has 2 amide bonds. The number of nitrogens with one attached hydrogen (secondary N) is 2. The number of benzene rings is 3. The Balaban J connectivity index is 1.42. The fraction of sp³-hybridized carbons (Fsp3) is 0.192. The van der Waals surface area contributed by atoms with Crippen molar-refractivity contribution in [2.75, 3.05) is 13.2 Å². The van der Waals surface area contributed by atoms with Gasteiger partial charge in [0, 0.05) is 12.3 Å². The second-order valence-corrected chi connectivity index (χ2v) is 7.86. The minimum atomic E-state index is -1.23. The number of alkyl carbamates (subject to hydrolysis) is 1. The van der Waals surface area contributed by atoms with Gasteiger partial charge in [-0.05, 0) is 27.8 Å². The summed E-state index contributed by atoms with van der Waals surface area (Å²) in [4.78, 5) is 40.5. The minimum Gasteiger partial charge on any atom is -0.479 e. The van der Waals surface area contributed by atoms with Crippen molar-refractivity contribution < 1.29 is 29.1 Å². The molecular formula is C26H24N2O6. The number of carboxylic acid groups (broad SMARTS) is 1. The van der Waals surface area contributed by atoms with Gasteiger partial charge in [0.2, 0.25) is 0 Å². The molecule has 3 aromatic rings. The maximum absolute atomic E-state index is 12.7. The van der Waals surface area contributed by atoms with Gasteiger partial charge >= 0.3 is 12.1 Å². The van der Waals surface area contributed by atoms with Crippen LogP contribution in [0.5, 0.6) is 0 Å². The highest BCUT2D eigenvalue weighted by Gasteiger charge is 2.30. The number of fused-ring (bicyclic) bond motifs is 3. The van der Waals surface area contributed by atoms with Gasteiger partial charge in [-0.2, -0.15) is 0 Å². The third kappa shape index (κ3) is 5.41. The molecule has 0 spiro atoms. The average molecular weight is 460 g/mol. The van der Waals surface area contributed by atoms with Crippen molar-refractivity contribution in [2.24, 2.45) is 0 Å². The molecule has 0 heterocycles. The van der Waals surface area contributed by atoms with E-state index in [9.17, 15) is 14.4 Å². The summed E-state index contributed by atoms with van der Waals surface area (Å²) in [7, 11) is 0. The third-order valence-corrected chi connectivity index (χ3v) is 5.60. The number of hydroxylamine groups is 1. The van der Waals surface area contributed by atoms with E-state index < -0.39 is 30.6 Å². The monoisotopic (exact) mass is 460 g/mol. The molecule has 174 valence electrons. The molecule has 0 bridgehead atoms. The van der Waals surface area contributed by atoms with Crippen LogP contribution in [0.1, 0.15) is 22.6 Å². The van der Waals surface area contributed by atoms with E-state index in [1.165, 1.54) is 0 Å². The molecule has 0 aliphatic heterocycles. The number of hydrogen-bond acceptors (Lipinski definition) is 5. The lowest BCUT2D eigenvalue weighted by molar-refractivity contribution is -0.150. The Hall–Kier alpha value is -4.17. The van der Waals surface area contributed by atoms with Crippen molar-refractivity contribution >= 4 is 18.0 Å². The van der Waals surface area contributed by atoms with Gasteiger partial charge in [0.05, 0.1) is 0 Å².